The van der Waals surface area contributed by atoms with Crippen molar-refractivity contribution in [3.05, 3.63) is 71.8 Å². The van der Waals surface area contributed by atoms with E-state index in [4.69, 9.17) is 4.74 Å². The molecule has 0 aromatic heterocycles. The van der Waals surface area contributed by atoms with E-state index in [0.29, 0.717) is 19.5 Å². The van der Waals surface area contributed by atoms with Crippen LogP contribution in [0.25, 0.3) is 0 Å². The van der Waals surface area contributed by atoms with Crippen LogP contribution in [0, 0.1) is 0 Å². The number of benzene rings is 2. The molecule has 2 aromatic rings. The topological polar surface area (TPSA) is 58.6 Å². The summed E-state index contributed by atoms with van der Waals surface area (Å²) in [4.78, 5) is 26.9. The van der Waals surface area contributed by atoms with Gasteiger partial charge < -0.3 is 9.64 Å². The first-order valence-electron chi connectivity index (χ1n) is 8.91. The molecule has 0 unspecified atom stereocenters. The van der Waals surface area contributed by atoms with Gasteiger partial charge >= 0.3 is 5.97 Å². The van der Waals surface area contributed by atoms with Gasteiger partial charge in [0.2, 0.25) is 5.91 Å². The summed E-state index contributed by atoms with van der Waals surface area (Å²) >= 11 is 0. The number of amides is 1. The van der Waals surface area contributed by atoms with E-state index in [1.165, 1.54) is 7.11 Å². The molecule has 1 amide bonds. The molecule has 1 saturated heterocycles. The van der Waals surface area contributed by atoms with Crippen LogP contribution in [0.3, 0.4) is 0 Å². The van der Waals surface area contributed by atoms with E-state index in [1.807, 2.05) is 60.7 Å². The lowest BCUT2D eigenvalue weighted by atomic mass is 10.0. The number of hydrogen-bond acceptors (Lipinski definition) is 4. The van der Waals surface area contributed by atoms with Crippen molar-refractivity contribution in [3.8, 4) is 0 Å². The largest absolute Gasteiger partial charge is 0.467 e. The normalized spacial score (nSPS) is 17.7. The van der Waals surface area contributed by atoms with Crippen molar-refractivity contribution in [2.45, 2.75) is 31.5 Å². The summed E-state index contributed by atoms with van der Waals surface area (Å²) in [6.45, 7) is 1.15. The number of likely N-dealkylation sites (tertiary alicyclic amines) is 1. The molecule has 0 spiro atoms. The van der Waals surface area contributed by atoms with Crippen molar-refractivity contribution >= 4 is 11.9 Å². The molecule has 0 saturated carbocycles. The minimum Gasteiger partial charge on any atom is -0.467 e. The third-order valence-corrected chi connectivity index (χ3v) is 4.74. The number of nitrogens with zero attached hydrogens (tertiary/aromatic N) is 1. The van der Waals surface area contributed by atoms with Crippen molar-refractivity contribution in [2.75, 3.05) is 13.7 Å². The number of carbonyl (C=O) groups is 2. The maximum absolute atomic E-state index is 13.3. The Morgan fingerprint density at radius 3 is 2.42 bits per heavy atom. The Kier molecular flexibility index (Phi) is 6.02. The lowest BCUT2D eigenvalue weighted by molar-refractivity contribution is -0.151. The molecule has 1 aliphatic heterocycles. The van der Waals surface area contributed by atoms with Crippen molar-refractivity contribution < 1.29 is 14.3 Å². The molecule has 0 radical (unpaired) electrons. The van der Waals surface area contributed by atoms with Gasteiger partial charge in [0.25, 0.3) is 0 Å². The molecule has 2 aromatic carbocycles. The molecular weight excluding hydrogens is 328 g/mol. The van der Waals surface area contributed by atoms with Gasteiger partial charge in [-0.25, -0.2) is 4.79 Å². The van der Waals surface area contributed by atoms with Crippen molar-refractivity contribution in [1.29, 1.82) is 0 Å². The highest BCUT2D eigenvalue weighted by molar-refractivity contribution is 5.89. The first-order chi connectivity index (χ1) is 12.7. The second kappa shape index (κ2) is 8.63. The van der Waals surface area contributed by atoms with Crippen LogP contribution in [-0.2, 0) is 20.9 Å². The molecule has 1 N–H and O–H groups in total. The van der Waals surface area contributed by atoms with Crippen LogP contribution in [0.4, 0.5) is 0 Å². The highest BCUT2D eigenvalue weighted by atomic mass is 16.5. The molecule has 26 heavy (non-hydrogen) atoms. The first kappa shape index (κ1) is 18.1. The number of rotatable bonds is 6. The zero-order chi connectivity index (χ0) is 18.4. The molecule has 136 valence electrons. The predicted octanol–water partition coefficient (Wildman–Crippen LogP) is 2.68. The van der Waals surface area contributed by atoms with Crippen molar-refractivity contribution in [2.24, 2.45) is 0 Å². The van der Waals surface area contributed by atoms with Gasteiger partial charge in [0.15, 0.2) is 0 Å². The Labute approximate surface area is 154 Å². The quantitative estimate of drug-likeness (QED) is 0.812. The zero-order valence-electron chi connectivity index (χ0n) is 14.9. The number of esters is 1. The van der Waals surface area contributed by atoms with E-state index >= 15 is 0 Å². The van der Waals surface area contributed by atoms with Crippen LogP contribution in [0.15, 0.2) is 60.7 Å². The van der Waals surface area contributed by atoms with Crippen LogP contribution >= 0.6 is 0 Å². The van der Waals surface area contributed by atoms with E-state index in [-0.39, 0.29) is 11.9 Å². The highest BCUT2D eigenvalue weighted by Gasteiger charge is 2.38. The summed E-state index contributed by atoms with van der Waals surface area (Å²) in [6, 6.07) is 18.6. The van der Waals surface area contributed by atoms with Crippen LogP contribution in [-0.4, -0.2) is 36.5 Å². The maximum atomic E-state index is 13.3. The average Bonchev–Trinajstić information content (AvgIpc) is 3.19. The third-order valence-electron chi connectivity index (χ3n) is 4.74. The smallest absolute Gasteiger partial charge is 0.328 e. The lowest BCUT2D eigenvalue weighted by Gasteiger charge is -2.28. The van der Waals surface area contributed by atoms with Gasteiger partial charge in [-0.3, -0.25) is 10.1 Å². The van der Waals surface area contributed by atoms with Crippen LogP contribution < -0.4 is 5.32 Å². The summed E-state index contributed by atoms with van der Waals surface area (Å²) < 4.78 is 4.88. The van der Waals surface area contributed by atoms with Crippen molar-refractivity contribution in [1.82, 2.24) is 10.2 Å². The van der Waals surface area contributed by atoms with Crippen LogP contribution in [0.5, 0.6) is 0 Å². The third kappa shape index (κ3) is 4.11. The zero-order valence-corrected chi connectivity index (χ0v) is 14.9. The van der Waals surface area contributed by atoms with Gasteiger partial charge in [0.05, 0.1) is 7.11 Å². The number of nitrogens with one attached hydrogen (secondary N) is 1. The monoisotopic (exact) mass is 352 g/mol. The number of hydrogen-bond donors (Lipinski definition) is 1. The van der Waals surface area contributed by atoms with Crippen molar-refractivity contribution in [3.63, 3.8) is 0 Å². The fourth-order valence-electron chi connectivity index (χ4n) is 3.39. The first-order valence-corrected chi connectivity index (χ1v) is 8.91. The van der Waals surface area contributed by atoms with Gasteiger partial charge in [-0.05, 0) is 24.0 Å². The molecule has 1 heterocycles. The molecule has 5 heteroatoms. The second-order valence-corrected chi connectivity index (χ2v) is 6.42. The molecule has 1 fully saturated rings. The molecule has 5 nitrogen and oxygen atoms in total. The summed E-state index contributed by atoms with van der Waals surface area (Å²) in [5.41, 5.74) is 2.00. The van der Waals surface area contributed by atoms with E-state index in [1.54, 1.807) is 4.90 Å². The van der Waals surface area contributed by atoms with E-state index < -0.39 is 12.1 Å². The summed E-state index contributed by atoms with van der Waals surface area (Å²) in [7, 11) is 1.37. The number of carbonyl (C=O) groups excluding carboxylic acids is 2. The Morgan fingerprint density at radius 2 is 1.77 bits per heavy atom. The molecule has 1 aliphatic rings. The number of methoxy groups -OCH3 is 1. The number of ether oxygens (including phenoxy) is 1. The maximum Gasteiger partial charge on any atom is 0.328 e. The molecule has 3 rings (SSSR count). The Morgan fingerprint density at radius 1 is 1.12 bits per heavy atom. The molecular formula is C21H24N2O3. The fraction of sp³-hybridized carbons (Fsp3) is 0.333. The Hall–Kier alpha value is -2.66. The van der Waals surface area contributed by atoms with E-state index in [0.717, 1.165) is 17.5 Å². The van der Waals surface area contributed by atoms with Gasteiger partial charge in [-0.1, -0.05) is 60.7 Å². The molecule has 2 atom stereocenters. The van der Waals surface area contributed by atoms with Gasteiger partial charge in [0, 0.05) is 13.1 Å². The van der Waals surface area contributed by atoms with E-state index in [2.05, 4.69) is 5.32 Å². The average molecular weight is 352 g/mol. The summed E-state index contributed by atoms with van der Waals surface area (Å²) in [6.07, 6.45) is 1.46. The van der Waals surface area contributed by atoms with Crippen LogP contribution in [0.2, 0.25) is 0 Å². The van der Waals surface area contributed by atoms with Gasteiger partial charge in [0.1, 0.15) is 12.1 Å². The minimum absolute atomic E-state index is 0.0833. The second-order valence-electron chi connectivity index (χ2n) is 6.42. The van der Waals surface area contributed by atoms with Crippen LogP contribution in [0.1, 0.15) is 30.0 Å². The minimum atomic E-state index is -0.498. The van der Waals surface area contributed by atoms with Gasteiger partial charge in [-0.2, -0.15) is 0 Å². The lowest BCUT2D eigenvalue weighted by Crippen LogP contribution is -2.46. The fourth-order valence-corrected chi connectivity index (χ4v) is 3.39. The Balaban J connectivity index is 1.80. The van der Waals surface area contributed by atoms with Gasteiger partial charge in [-0.15, -0.1) is 0 Å². The SMILES string of the molecule is COC(=O)[C@@H]1CCCN1C(=O)[C@@H](NCc1ccccc1)c1ccccc1. The summed E-state index contributed by atoms with van der Waals surface area (Å²) in [5.74, 6) is -0.425. The predicted molar refractivity (Wildman–Crippen MR) is 99.2 cm³/mol. The standard InChI is InChI=1S/C21H24N2O3/c1-26-21(25)18-13-8-14-23(18)20(24)19(17-11-6-3-7-12-17)22-15-16-9-4-2-5-10-16/h2-7,9-12,18-19,22H,8,13-15H2,1H3/t18-,19-/m0/s1. The molecule has 0 aliphatic carbocycles. The molecule has 0 bridgehead atoms. The van der Waals surface area contributed by atoms with E-state index in [9.17, 15) is 9.59 Å². The Bertz CT molecular complexity index is 733. The highest BCUT2D eigenvalue weighted by Crippen LogP contribution is 2.24. The summed E-state index contributed by atoms with van der Waals surface area (Å²) in [5, 5.41) is 3.36.